The van der Waals surface area contributed by atoms with Crippen molar-refractivity contribution in [2.45, 2.75) is 0 Å². The molecule has 0 atom stereocenters. The van der Waals surface area contributed by atoms with Crippen molar-refractivity contribution in [3.05, 3.63) is 206 Å². The summed E-state index contributed by atoms with van der Waals surface area (Å²) in [7, 11) is 0. The van der Waals surface area contributed by atoms with Crippen molar-refractivity contribution in [1.82, 2.24) is 0 Å². The van der Waals surface area contributed by atoms with Gasteiger partial charge in [0.05, 0.1) is 13.7 Å². The molecular weight excluding hydrogens is 737 g/mol. The molecule has 0 unspecified atom stereocenters. The zero-order valence-electron chi connectivity index (χ0n) is 42.3. The molecule has 1 heteroatoms. The van der Waals surface area contributed by atoms with E-state index in [1.807, 2.05) is 24.3 Å². The lowest BCUT2D eigenvalue weighted by Gasteiger charge is -2.22. The van der Waals surface area contributed by atoms with E-state index in [9.17, 15) is 8.22 Å². The van der Waals surface area contributed by atoms with E-state index in [0.717, 1.165) is 81.3 Å². The predicted molar refractivity (Wildman–Crippen MR) is 260 cm³/mol. The van der Waals surface area contributed by atoms with Gasteiger partial charge in [0.15, 0.2) is 0 Å². The standard InChI is InChI=1S/C60H34O/c1-2-9-35(10-3-1)49-33-52(46-17-8-18-54-60(46)53-31-42-11-4-5-12-43(42)32-55(53)61-54)51(45-28-24-41-22-20-37-14-7-16-39-26-30-48(45)59(41)57(37)39)34-50(49)44-27-23-40-21-19-36-13-6-15-38-25-29-47(44)58(40)56(36)38/h1-34H/i4D,5D,8D,9D,11D,12D,17D,18D,31D,32D. The zero-order valence-corrected chi connectivity index (χ0v) is 32.3. The topological polar surface area (TPSA) is 13.1 Å². The highest BCUT2D eigenvalue weighted by Gasteiger charge is 2.23. The Hall–Kier alpha value is -8.00. The van der Waals surface area contributed by atoms with Crippen LogP contribution >= 0.6 is 0 Å². The van der Waals surface area contributed by atoms with Crippen LogP contribution in [0.3, 0.4) is 0 Å². The SMILES string of the molecule is [2H]c1ccccc1-c1cc(-c2c([2H])c([2H])c([2H])c3oc4c([2H])c5c([2H])c([2H])c([2H])c([2H])c5c([2H])c4c23)c(-c2ccc3ccc4cccc5ccc2c3c45)cc1-c1ccc2ccc3cccc4ccc1c2c34. The second-order valence-electron chi connectivity index (χ2n) is 15.9. The first-order chi connectivity index (χ1) is 34.4. The van der Waals surface area contributed by atoms with Gasteiger partial charge < -0.3 is 4.42 Å². The van der Waals surface area contributed by atoms with Crippen LogP contribution in [-0.4, -0.2) is 0 Å². The number of hydrogen-bond donors (Lipinski definition) is 0. The van der Waals surface area contributed by atoms with Crippen LogP contribution in [0.1, 0.15) is 13.7 Å². The van der Waals surface area contributed by atoms with Gasteiger partial charge in [0.1, 0.15) is 11.2 Å². The summed E-state index contributed by atoms with van der Waals surface area (Å²) in [6.45, 7) is 0. The van der Waals surface area contributed by atoms with E-state index in [1.165, 1.54) is 0 Å². The van der Waals surface area contributed by atoms with E-state index >= 15 is 0 Å². The number of fused-ring (bicyclic) bond motifs is 4. The summed E-state index contributed by atoms with van der Waals surface area (Å²) in [4.78, 5) is 0. The quantitative estimate of drug-likeness (QED) is 0.162. The summed E-state index contributed by atoms with van der Waals surface area (Å²) in [6, 6.07) is 45.7. The Kier molecular flexibility index (Phi) is 4.99. The van der Waals surface area contributed by atoms with Crippen molar-refractivity contribution < 1.29 is 18.1 Å². The molecule has 1 nitrogen and oxygen atoms in total. The second-order valence-corrected chi connectivity index (χ2v) is 15.9. The van der Waals surface area contributed by atoms with Crippen molar-refractivity contribution in [2.24, 2.45) is 0 Å². The Balaban J connectivity index is 1.21. The molecule has 0 N–H and O–H groups in total. The van der Waals surface area contributed by atoms with E-state index in [2.05, 4.69) is 115 Å². The van der Waals surface area contributed by atoms with E-state index in [-0.39, 0.29) is 56.4 Å². The highest BCUT2D eigenvalue weighted by molar-refractivity contribution is 6.28. The van der Waals surface area contributed by atoms with Crippen molar-refractivity contribution >= 4 is 97.3 Å². The highest BCUT2D eigenvalue weighted by atomic mass is 16.3. The third kappa shape index (κ3) is 4.66. The fourth-order valence-corrected chi connectivity index (χ4v) is 10.1. The van der Waals surface area contributed by atoms with Gasteiger partial charge >= 0.3 is 0 Å². The van der Waals surface area contributed by atoms with Crippen LogP contribution in [-0.2, 0) is 0 Å². The van der Waals surface area contributed by atoms with Crippen LogP contribution < -0.4 is 0 Å². The minimum atomic E-state index is -0.559. The minimum Gasteiger partial charge on any atom is -0.456 e. The van der Waals surface area contributed by atoms with Crippen molar-refractivity contribution in [3.8, 4) is 44.5 Å². The maximum atomic E-state index is 9.93. The first-order valence-corrected chi connectivity index (χ1v) is 20.3. The van der Waals surface area contributed by atoms with Crippen LogP contribution in [0, 0.1) is 0 Å². The van der Waals surface area contributed by atoms with Gasteiger partial charge in [-0.05, 0) is 150 Å². The fraction of sp³-hybridized carbons (Fsp3) is 0. The molecule has 13 aromatic carbocycles. The van der Waals surface area contributed by atoms with Gasteiger partial charge in [0, 0.05) is 10.8 Å². The molecule has 0 aliphatic carbocycles. The Morgan fingerprint density at radius 1 is 0.295 bits per heavy atom. The lowest BCUT2D eigenvalue weighted by atomic mass is 9.81. The minimum absolute atomic E-state index is 0.000779. The molecule has 0 aliphatic heterocycles. The molecule has 0 radical (unpaired) electrons. The van der Waals surface area contributed by atoms with Gasteiger partial charge in [-0.3, -0.25) is 0 Å². The third-order valence-corrected chi connectivity index (χ3v) is 12.8. The summed E-state index contributed by atoms with van der Waals surface area (Å²) in [6.07, 6.45) is 0. The summed E-state index contributed by atoms with van der Waals surface area (Å²) in [5.41, 5.74) is 4.74. The molecule has 1 heterocycles. The number of hydrogen-bond acceptors (Lipinski definition) is 1. The van der Waals surface area contributed by atoms with Gasteiger partial charge in [0.2, 0.25) is 0 Å². The van der Waals surface area contributed by atoms with Crippen LogP contribution in [0.2, 0.25) is 0 Å². The maximum absolute atomic E-state index is 9.93. The van der Waals surface area contributed by atoms with Crippen LogP contribution in [0.25, 0.3) is 142 Å². The van der Waals surface area contributed by atoms with Crippen LogP contribution in [0.5, 0.6) is 0 Å². The number of furan rings is 1. The molecule has 0 bridgehead atoms. The monoisotopic (exact) mass is 780 g/mol. The Bertz CT molecular complexity index is 4680. The summed E-state index contributed by atoms with van der Waals surface area (Å²) in [5, 5.41) is 12.6. The molecule has 280 valence electrons. The van der Waals surface area contributed by atoms with Gasteiger partial charge in [0.25, 0.3) is 0 Å². The molecule has 1 aromatic heterocycles. The first kappa shape index (κ1) is 24.8. The normalized spacial score (nSPS) is 14.6. The fourth-order valence-electron chi connectivity index (χ4n) is 10.1. The van der Waals surface area contributed by atoms with Gasteiger partial charge in [-0.25, -0.2) is 0 Å². The summed E-state index contributed by atoms with van der Waals surface area (Å²) < 4.78 is 98.4. The van der Waals surface area contributed by atoms with Crippen LogP contribution in [0.15, 0.2) is 210 Å². The number of benzene rings is 13. The molecule has 0 spiro atoms. The molecule has 0 saturated carbocycles. The van der Waals surface area contributed by atoms with Crippen molar-refractivity contribution in [3.63, 3.8) is 0 Å². The van der Waals surface area contributed by atoms with E-state index in [1.54, 1.807) is 6.07 Å². The molecule has 14 rings (SSSR count). The molecule has 0 fully saturated rings. The lowest BCUT2D eigenvalue weighted by Crippen LogP contribution is -1.95. The summed E-state index contributed by atoms with van der Waals surface area (Å²) in [5.74, 6) is 0. The largest absolute Gasteiger partial charge is 0.456 e. The molecular formula is C60H34O. The third-order valence-electron chi connectivity index (χ3n) is 12.8. The second kappa shape index (κ2) is 12.3. The van der Waals surface area contributed by atoms with Crippen molar-refractivity contribution in [1.29, 1.82) is 0 Å². The van der Waals surface area contributed by atoms with E-state index in [4.69, 9.17) is 9.90 Å². The average molecular weight is 781 g/mol. The van der Waals surface area contributed by atoms with E-state index in [0.29, 0.717) is 22.3 Å². The highest BCUT2D eigenvalue weighted by Crippen LogP contribution is 2.50. The van der Waals surface area contributed by atoms with Crippen LogP contribution in [0.4, 0.5) is 0 Å². The summed E-state index contributed by atoms with van der Waals surface area (Å²) >= 11 is 0. The van der Waals surface area contributed by atoms with Gasteiger partial charge in [-0.1, -0.05) is 176 Å². The van der Waals surface area contributed by atoms with Crippen molar-refractivity contribution in [2.75, 3.05) is 0 Å². The first-order valence-electron chi connectivity index (χ1n) is 25.3. The molecule has 61 heavy (non-hydrogen) atoms. The Labute approximate surface area is 365 Å². The van der Waals surface area contributed by atoms with Gasteiger partial charge in [-0.2, -0.15) is 0 Å². The zero-order chi connectivity index (χ0) is 48.5. The molecule has 0 aliphatic rings. The predicted octanol–water partition coefficient (Wildman–Crippen LogP) is 17.2. The van der Waals surface area contributed by atoms with Gasteiger partial charge in [-0.15, -0.1) is 0 Å². The number of rotatable bonds is 4. The van der Waals surface area contributed by atoms with E-state index < -0.39 is 42.3 Å². The Morgan fingerprint density at radius 3 is 1.48 bits per heavy atom. The molecule has 14 aromatic rings. The Morgan fingerprint density at radius 2 is 0.836 bits per heavy atom. The smallest absolute Gasteiger partial charge is 0.136 e. The molecule has 0 saturated heterocycles. The lowest BCUT2D eigenvalue weighted by molar-refractivity contribution is 0.669. The molecule has 0 amide bonds. The average Bonchev–Trinajstić information content (AvgIpc) is 3.80. The maximum Gasteiger partial charge on any atom is 0.136 e.